The first-order valence-corrected chi connectivity index (χ1v) is 40.2. The summed E-state index contributed by atoms with van der Waals surface area (Å²) in [5.41, 5.74) is 38.9. The quantitative estimate of drug-likeness (QED) is 0.120. The van der Waals surface area contributed by atoms with Gasteiger partial charge in [-0.3, -0.25) is 0 Å². The minimum absolute atomic E-state index is 0.0337. The first-order valence-electron chi connectivity index (χ1n) is 40.2. The molecule has 0 aromatic heterocycles. The molecule has 3 nitrogen and oxygen atoms in total. The minimum atomic E-state index is -0.219. The fourth-order valence-electron chi connectivity index (χ4n) is 21.2. The van der Waals surface area contributed by atoms with Crippen LogP contribution in [0, 0.1) is 40.4 Å². The van der Waals surface area contributed by atoms with E-state index in [1.807, 2.05) is 0 Å². The maximum absolute atomic E-state index is 2.98. The van der Waals surface area contributed by atoms with Crippen molar-refractivity contribution in [3.05, 3.63) is 355 Å². The number of rotatable bonds is 11. The van der Waals surface area contributed by atoms with E-state index in [1.165, 1.54) is 205 Å². The van der Waals surface area contributed by atoms with E-state index < -0.39 is 0 Å². The Kier molecular flexibility index (Phi) is 15.5. The lowest BCUT2D eigenvalue weighted by atomic mass is 9.33. The average Bonchev–Trinajstić information content (AvgIpc) is 0.685. The molecule has 2 saturated carbocycles. The molecule has 6 aliphatic carbocycles. The summed E-state index contributed by atoms with van der Waals surface area (Å²) in [4.78, 5) is 8.60. The molecule has 2 saturated heterocycles. The SMILES string of the molecule is CC(C)(C)C1=CC2=C(c3ccc4c(c3)B3c5ccc(-c6ccccc6)cc5N(c5c(-c6ccccc6)cc(-c6ccccc6)cc5-c5ccccc5)c5cc(N6C7CC8CC(C7)CC6C8)cc(c53)N4c3c(-c4ccccc4)cc(-c4ccccc4)cc3-c3ccccc3)C=C3C=C(C(C)(C)C)CC4C=CC(=C1)C2C34. The number of benzene rings is 12. The van der Waals surface area contributed by atoms with Gasteiger partial charge in [-0.1, -0.05) is 320 Å². The van der Waals surface area contributed by atoms with Crippen LogP contribution < -0.4 is 31.1 Å². The van der Waals surface area contributed by atoms with E-state index in [4.69, 9.17) is 0 Å². The molecule has 10 aliphatic rings. The van der Waals surface area contributed by atoms with E-state index in [9.17, 15) is 0 Å². The van der Waals surface area contributed by atoms with E-state index in [-0.39, 0.29) is 23.5 Å². The standard InChI is InChI=1S/C105H90BN3/c1-104(2,3)82-53-77-42-43-78-54-83(105(4,5)6)63-92-87(60-81(55-82)99(77)100(78)92)76-45-47-95-94(61-76)106-93-46-44-75(68-28-14-7-15-29-68)62-96(93)109(103-90(73-38-24-12-25-39-73)58-80(70-32-18-9-19-33-70)59-91(103)74-40-26-13-27-41-74)98-65-86(107-84-49-66-48-67(51-84)52-85(107)50-66)64-97(101(98)106)108(95)102-88(71-34-20-10-21-35-71)56-79(69-30-16-8-17-31-69)57-89(102)72-36-22-11-23-37-72/h7-47,54-67,77,84-85,99-100H,48-53H2,1-6H3. The van der Waals surface area contributed by atoms with Gasteiger partial charge in [-0.2, -0.15) is 0 Å². The highest BCUT2D eigenvalue weighted by atomic mass is 15.2. The lowest BCUT2D eigenvalue weighted by molar-refractivity contribution is 0.0900. The Bertz CT molecular complexity index is 5700. The van der Waals surface area contributed by atoms with Gasteiger partial charge in [0.2, 0.25) is 0 Å². The first kappa shape index (κ1) is 65.8. The molecule has 0 amide bonds. The minimum Gasteiger partial charge on any atom is -0.365 e. The Morgan fingerprint density at radius 1 is 0.349 bits per heavy atom. The number of fused-ring (bicyclic) bond motifs is 4. The lowest BCUT2D eigenvalue weighted by Gasteiger charge is -2.58. The van der Waals surface area contributed by atoms with Gasteiger partial charge in [-0.15, -0.1) is 0 Å². The van der Waals surface area contributed by atoms with Crippen LogP contribution in [0.4, 0.5) is 39.8 Å². The van der Waals surface area contributed by atoms with E-state index in [2.05, 4.69) is 378 Å². The van der Waals surface area contributed by atoms with Crippen LogP contribution in [0.1, 0.15) is 85.6 Å². The lowest BCUT2D eigenvalue weighted by Crippen LogP contribution is -2.62. The van der Waals surface area contributed by atoms with Crippen LogP contribution in [-0.4, -0.2) is 18.8 Å². The molecule has 22 rings (SSSR count). The Morgan fingerprint density at radius 3 is 1.27 bits per heavy atom. The van der Waals surface area contributed by atoms with Crippen LogP contribution in [0.3, 0.4) is 0 Å². The maximum Gasteiger partial charge on any atom is 0.252 e. The summed E-state index contributed by atoms with van der Waals surface area (Å²) in [7, 11) is 0. The van der Waals surface area contributed by atoms with Crippen LogP contribution in [0.5, 0.6) is 0 Å². The third kappa shape index (κ3) is 11.0. The number of nitrogens with zero attached hydrogens (tertiary/aromatic N) is 3. The summed E-state index contributed by atoms with van der Waals surface area (Å²) in [5.74, 6) is 2.57. The second-order valence-electron chi connectivity index (χ2n) is 34.7. The third-order valence-corrected chi connectivity index (χ3v) is 26.2. The number of anilines is 7. The second-order valence-corrected chi connectivity index (χ2v) is 34.7. The van der Waals surface area contributed by atoms with E-state index in [0.29, 0.717) is 23.9 Å². The predicted octanol–water partition coefficient (Wildman–Crippen LogP) is 25.6. The van der Waals surface area contributed by atoms with Gasteiger partial charge in [-0.05, 0) is 221 Å². The maximum atomic E-state index is 2.98. The fraction of sp³-hybridized carbons (Fsp3) is 0.200. The van der Waals surface area contributed by atoms with E-state index in [0.717, 1.165) is 18.3 Å². The van der Waals surface area contributed by atoms with Gasteiger partial charge in [0.25, 0.3) is 6.71 Å². The molecule has 4 heterocycles. The molecule has 109 heavy (non-hydrogen) atoms. The van der Waals surface area contributed by atoms with Crippen molar-refractivity contribution >= 4 is 68.5 Å². The molecule has 4 fully saturated rings. The molecule has 528 valence electrons. The van der Waals surface area contributed by atoms with Gasteiger partial charge in [0, 0.05) is 74.6 Å². The van der Waals surface area contributed by atoms with Crippen molar-refractivity contribution in [2.24, 2.45) is 40.4 Å². The Morgan fingerprint density at radius 2 is 0.798 bits per heavy atom. The second kappa shape index (κ2) is 25.6. The predicted molar refractivity (Wildman–Crippen MR) is 461 cm³/mol. The highest BCUT2D eigenvalue weighted by Crippen LogP contribution is 2.61. The Balaban J connectivity index is 0.930. The van der Waals surface area contributed by atoms with Crippen molar-refractivity contribution in [2.75, 3.05) is 14.7 Å². The number of piperidine rings is 2. The molecule has 0 N–H and O–H groups in total. The summed E-state index contributed by atoms with van der Waals surface area (Å²) in [6, 6.07) is 111. The monoisotopic (exact) mass is 1400 g/mol. The molecular weight excluding hydrogens is 1310 g/mol. The van der Waals surface area contributed by atoms with Gasteiger partial charge < -0.3 is 14.7 Å². The summed E-state index contributed by atoms with van der Waals surface area (Å²) < 4.78 is 0. The number of hydrogen-bond acceptors (Lipinski definition) is 3. The van der Waals surface area contributed by atoms with Crippen molar-refractivity contribution in [3.63, 3.8) is 0 Å². The van der Waals surface area contributed by atoms with Gasteiger partial charge >= 0.3 is 0 Å². The third-order valence-electron chi connectivity index (χ3n) is 26.2. The van der Waals surface area contributed by atoms with E-state index in [1.54, 1.807) is 0 Å². The molecule has 3 atom stereocenters. The molecule has 4 heteroatoms. The zero-order valence-electron chi connectivity index (χ0n) is 63.3. The van der Waals surface area contributed by atoms with E-state index >= 15 is 0 Å². The molecule has 4 aliphatic heterocycles. The zero-order chi connectivity index (χ0) is 73.0. The van der Waals surface area contributed by atoms with Crippen LogP contribution in [-0.2, 0) is 0 Å². The average molecular weight is 1400 g/mol. The van der Waals surface area contributed by atoms with Crippen LogP contribution in [0.15, 0.2) is 349 Å². The van der Waals surface area contributed by atoms with Crippen molar-refractivity contribution in [1.82, 2.24) is 0 Å². The topological polar surface area (TPSA) is 9.72 Å². The zero-order valence-corrected chi connectivity index (χ0v) is 63.3. The van der Waals surface area contributed by atoms with Gasteiger partial charge in [0.05, 0.1) is 11.4 Å². The molecule has 0 radical (unpaired) electrons. The fourth-order valence-corrected chi connectivity index (χ4v) is 21.2. The van der Waals surface area contributed by atoms with Gasteiger partial charge in [-0.25, -0.2) is 0 Å². The highest BCUT2D eigenvalue weighted by molar-refractivity contribution is 7.00. The molecule has 4 bridgehead atoms. The summed E-state index contributed by atoms with van der Waals surface area (Å²) >= 11 is 0. The van der Waals surface area contributed by atoms with Gasteiger partial charge in [0.15, 0.2) is 0 Å². The van der Waals surface area contributed by atoms with Crippen molar-refractivity contribution < 1.29 is 0 Å². The summed E-state index contributed by atoms with van der Waals surface area (Å²) in [6.07, 6.45) is 23.0. The van der Waals surface area contributed by atoms with Gasteiger partial charge in [0.1, 0.15) is 0 Å². The molecule has 0 spiro atoms. The first-order chi connectivity index (χ1) is 53.3. The van der Waals surface area contributed by atoms with Crippen LogP contribution in [0.25, 0.3) is 83.5 Å². The molecule has 12 aromatic rings. The normalized spacial score (nSPS) is 21.1. The highest BCUT2D eigenvalue weighted by Gasteiger charge is 2.51. The largest absolute Gasteiger partial charge is 0.365 e. The number of hydrogen-bond donors (Lipinski definition) is 0. The van der Waals surface area contributed by atoms with Crippen molar-refractivity contribution in [1.29, 1.82) is 0 Å². The summed E-state index contributed by atoms with van der Waals surface area (Å²) in [5, 5.41) is 0. The van der Waals surface area contributed by atoms with Crippen molar-refractivity contribution in [3.8, 4) is 77.9 Å². The number of allylic oxidation sites excluding steroid dienone is 12. The Labute approximate surface area is 644 Å². The Hall–Kier alpha value is -11.5. The van der Waals surface area contributed by atoms with Crippen LogP contribution in [0.2, 0.25) is 0 Å². The molecule has 3 unspecified atom stereocenters. The van der Waals surface area contributed by atoms with Crippen LogP contribution >= 0.6 is 0 Å². The molecule has 12 aromatic carbocycles. The summed E-state index contributed by atoms with van der Waals surface area (Å²) in [6.45, 7) is 14.2. The smallest absolute Gasteiger partial charge is 0.252 e. The molecular formula is C105H90BN3. The van der Waals surface area contributed by atoms with Crippen molar-refractivity contribution in [2.45, 2.75) is 92.2 Å².